The standard InChI is InChI=1S/C17H17N5O2S/c23-17(24-11-13-5-2-1-3-6-13)22-9-4-7-14(22)15-19-16(20-25-15)21-10-8-18-12-21/h1-3,5-6,8,10,12,14H,4,7,9,11H2/t14-/m0/s1. The summed E-state index contributed by atoms with van der Waals surface area (Å²) in [5.74, 6) is 0.585. The van der Waals surface area contributed by atoms with E-state index in [4.69, 9.17) is 4.74 Å². The first-order chi connectivity index (χ1) is 12.3. The van der Waals surface area contributed by atoms with Gasteiger partial charge in [0, 0.05) is 18.9 Å². The summed E-state index contributed by atoms with van der Waals surface area (Å²) in [7, 11) is 0. The second kappa shape index (κ2) is 7.02. The van der Waals surface area contributed by atoms with Crippen LogP contribution in [0.15, 0.2) is 49.1 Å². The Hall–Kier alpha value is -2.74. The van der Waals surface area contributed by atoms with Crippen LogP contribution in [-0.4, -0.2) is 36.4 Å². The lowest BCUT2D eigenvalue weighted by atomic mass is 10.2. The molecule has 1 saturated heterocycles. The Morgan fingerprint density at radius 2 is 2.20 bits per heavy atom. The molecular weight excluding hydrogens is 338 g/mol. The van der Waals surface area contributed by atoms with Crippen LogP contribution in [0.3, 0.4) is 0 Å². The van der Waals surface area contributed by atoms with Crippen molar-refractivity contribution in [1.82, 2.24) is 23.8 Å². The number of ether oxygens (including phenoxy) is 1. The summed E-state index contributed by atoms with van der Waals surface area (Å²) in [6.45, 7) is 0.956. The number of hydrogen-bond donors (Lipinski definition) is 0. The van der Waals surface area contributed by atoms with Crippen LogP contribution in [0.25, 0.3) is 5.95 Å². The molecule has 3 heterocycles. The number of likely N-dealkylation sites (tertiary alicyclic amines) is 1. The molecule has 0 unspecified atom stereocenters. The average molecular weight is 355 g/mol. The zero-order valence-electron chi connectivity index (χ0n) is 13.5. The van der Waals surface area contributed by atoms with Gasteiger partial charge < -0.3 is 4.74 Å². The van der Waals surface area contributed by atoms with Crippen molar-refractivity contribution in [3.8, 4) is 5.95 Å². The summed E-state index contributed by atoms with van der Waals surface area (Å²) >= 11 is 1.32. The van der Waals surface area contributed by atoms with Gasteiger partial charge in [-0.1, -0.05) is 30.3 Å². The number of nitrogens with zero attached hydrogens (tertiary/aromatic N) is 5. The van der Waals surface area contributed by atoms with Crippen molar-refractivity contribution >= 4 is 17.6 Å². The highest BCUT2D eigenvalue weighted by Crippen LogP contribution is 2.33. The number of amides is 1. The van der Waals surface area contributed by atoms with Gasteiger partial charge in [0.25, 0.3) is 0 Å². The third-order valence-corrected chi connectivity index (χ3v) is 4.95. The molecule has 1 aromatic carbocycles. The van der Waals surface area contributed by atoms with Crippen molar-refractivity contribution in [3.63, 3.8) is 0 Å². The number of imidazole rings is 1. The summed E-state index contributed by atoms with van der Waals surface area (Å²) in [5, 5.41) is 0.831. The first-order valence-corrected chi connectivity index (χ1v) is 8.88. The minimum Gasteiger partial charge on any atom is -0.445 e. The van der Waals surface area contributed by atoms with Gasteiger partial charge in [-0.25, -0.2) is 14.8 Å². The predicted molar refractivity (Wildman–Crippen MR) is 92.3 cm³/mol. The summed E-state index contributed by atoms with van der Waals surface area (Å²) in [6, 6.07) is 9.61. The van der Waals surface area contributed by atoms with Gasteiger partial charge in [0.05, 0.1) is 6.04 Å². The van der Waals surface area contributed by atoms with Crippen LogP contribution in [0.5, 0.6) is 0 Å². The Bertz CT molecular complexity index is 834. The SMILES string of the molecule is O=C(OCc1ccccc1)N1CCC[C@H]1c1nc(-n2ccnc2)ns1. The molecule has 4 rings (SSSR count). The molecule has 8 heteroatoms. The highest BCUT2D eigenvalue weighted by Gasteiger charge is 2.33. The van der Waals surface area contributed by atoms with E-state index in [0.717, 1.165) is 23.4 Å². The number of rotatable bonds is 4. The van der Waals surface area contributed by atoms with Crippen molar-refractivity contribution in [2.45, 2.75) is 25.5 Å². The summed E-state index contributed by atoms with van der Waals surface area (Å²) in [6.07, 6.45) is 6.65. The molecule has 0 N–H and O–H groups in total. The molecule has 1 atom stereocenters. The summed E-state index contributed by atoms with van der Waals surface area (Å²) < 4.78 is 11.6. The molecule has 0 aliphatic carbocycles. The van der Waals surface area contributed by atoms with Gasteiger partial charge in [0.1, 0.15) is 17.9 Å². The molecule has 1 aliphatic heterocycles. The van der Waals surface area contributed by atoms with Crippen LogP contribution >= 0.6 is 11.5 Å². The zero-order valence-corrected chi connectivity index (χ0v) is 14.3. The maximum Gasteiger partial charge on any atom is 0.410 e. The maximum atomic E-state index is 12.5. The second-order valence-electron chi connectivity index (χ2n) is 5.79. The fraction of sp³-hybridized carbons (Fsp3) is 0.294. The van der Waals surface area contributed by atoms with Gasteiger partial charge in [-0.05, 0) is 29.9 Å². The lowest BCUT2D eigenvalue weighted by Crippen LogP contribution is -2.31. The van der Waals surface area contributed by atoms with Gasteiger partial charge >= 0.3 is 6.09 Å². The number of hydrogen-bond acceptors (Lipinski definition) is 6. The van der Waals surface area contributed by atoms with E-state index < -0.39 is 0 Å². The fourth-order valence-electron chi connectivity index (χ4n) is 2.89. The molecule has 3 aromatic rings. The second-order valence-corrected chi connectivity index (χ2v) is 6.58. The Kier molecular flexibility index (Phi) is 4.43. The first-order valence-electron chi connectivity index (χ1n) is 8.10. The van der Waals surface area contributed by atoms with Crippen molar-refractivity contribution < 1.29 is 9.53 Å². The van der Waals surface area contributed by atoms with Crippen molar-refractivity contribution in [1.29, 1.82) is 0 Å². The lowest BCUT2D eigenvalue weighted by molar-refractivity contribution is 0.0920. The topological polar surface area (TPSA) is 73.1 Å². The van der Waals surface area contributed by atoms with Gasteiger partial charge in [0.2, 0.25) is 5.95 Å². The molecule has 1 amide bonds. The van der Waals surface area contributed by atoms with Crippen molar-refractivity contribution in [3.05, 3.63) is 59.6 Å². The largest absolute Gasteiger partial charge is 0.445 e. The fourth-order valence-corrected chi connectivity index (χ4v) is 3.69. The molecular formula is C17H17N5O2S. The van der Waals surface area contributed by atoms with E-state index in [1.54, 1.807) is 28.2 Å². The number of carbonyl (C=O) groups excluding carboxylic acids is 1. The monoisotopic (exact) mass is 355 g/mol. The highest BCUT2D eigenvalue weighted by atomic mass is 32.1. The molecule has 2 aromatic heterocycles. The van der Waals surface area contributed by atoms with Gasteiger partial charge in [-0.3, -0.25) is 9.47 Å². The van der Waals surface area contributed by atoms with Crippen LogP contribution in [-0.2, 0) is 11.3 Å². The minimum atomic E-state index is -0.300. The third kappa shape index (κ3) is 3.39. The zero-order chi connectivity index (χ0) is 17.1. The van der Waals surface area contributed by atoms with E-state index in [1.165, 1.54) is 11.5 Å². The van der Waals surface area contributed by atoms with E-state index in [0.29, 0.717) is 12.5 Å². The Morgan fingerprint density at radius 1 is 1.32 bits per heavy atom. The molecule has 128 valence electrons. The number of aromatic nitrogens is 4. The van der Waals surface area contributed by atoms with Gasteiger partial charge in [0.15, 0.2) is 0 Å². The van der Waals surface area contributed by atoms with E-state index in [2.05, 4.69) is 14.3 Å². The average Bonchev–Trinajstić information content (AvgIpc) is 3.40. The van der Waals surface area contributed by atoms with Gasteiger partial charge in [-0.15, -0.1) is 0 Å². The quantitative estimate of drug-likeness (QED) is 0.718. The molecule has 25 heavy (non-hydrogen) atoms. The van der Waals surface area contributed by atoms with E-state index in [-0.39, 0.29) is 18.7 Å². The summed E-state index contributed by atoms with van der Waals surface area (Å²) in [4.78, 5) is 22.8. The van der Waals surface area contributed by atoms with E-state index in [9.17, 15) is 4.79 Å². The van der Waals surface area contributed by atoms with Gasteiger partial charge in [-0.2, -0.15) is 4.37 Å². The minimum absolute atomic E-state index is 0.0713. The lowest BCUT2D eigenvalue weighted by Gasteiger charge is -2.22. The first kappa shape index (κ1) is 15.8. The molecule has 0 radical (unpaired) electrons. The molecule has 0 spiro atoms. The van der Waals surface area contributed by atoms with Crippen molar-refractivity contribution in [2.75, 3.05) is 6.54 Å². The maximum absolute atomic E-state index is 12.5. The summed E-state index contributed by atoms with van der Waals surface area (Å²) in [5.41, 5.74) is 0.977. The number of benzene rings is 1. The Morgan fingerprint density at radius 3 is 3.00 bits per heavy atom. The van der Waals surface area contributed by atoms with Crippen LogP contribution in [0.2, 0.25) is 0 Å². The van der Waals surface area contributed by atoms with E-state index in [1.807, 2.05) is 30.3 Å². The van der Waals surface area contributed by atoms with E-state index >= 15 is 0 Å². The molecule has 1 fully saturated rings. The number of carbonyl (C=O) groups is 1. The highest BCUT2D eigenvalue weighted by molar-refractivity contribution is 7.05. The Labute approximate surface area is 149 Å². The smallest absolute Gasteiger partial charge is 0.410 e. The van der Waals surface area contributed by atoms with Crippen LogP contribution in [0.1, 0.15) is 29.5 Å². The van der Waals surface area contributed by atoms with Crippen molar-refractivity contribution in [2.24, 2.45) is 0 Å². The normalized spacial score (nSPS) is 17.0. The predicted octanol–water partition coefficient (Wildman–Crippen LogP) is 3.20. The van der Waals surface area contributed by atoms with Crippen LogP contribution < -0.4 is 0 Å². The van der Waals surface area contributed by atoms with Crippen LogP contribution in [0.4, 0.5) is 4.79 Å². The molecule has 0 bridgehead atoms. The molecule has 0 saturated carbocycles. The van der Waals surface area contributed by atoms with Crippen LogP contribution in [0, 0.1) is 0 Å². The third-order valence-electron chi connectivity index (χ3n) is 4.14. The Balaban J connectivity index is 1.44. The molecule has 1 aliphatic rings. The molecule has 7 nitrogen and oxygen atoms in total.